The molecule has 21 heavy (non-hydrogen) atoms. The third-order valence-corrected chi connectivity index (χ3v) is 3.89. The van der Waals surface area contributed by atoms with Crippen LogP contribution in [0.2, 0.25) is 0 Å². The van der Waals surface area contributed by atoms with Crippen molar-refractivity contribution in [1.82, 2.24) is 15.2 Å². The Labute approximate surface area is 127 Å². The monoisotopic (exact) mass is 293 g/mol. The number of oxazole rings is 1. The summed E-state index contributed by atoms with van der Waals surface area (Å²) < 4.78 is 5.48. The van der Waals surface area contributed by atoms with Gasteiger partial charge in [-0.1, -0.05) is 20.8 Å². The summed E-state index contributed by atoms with van der Waals surface area (Å²) in [5, 5.41) is 2.99. The minimum absolute atomic E-state index is 0.137. The summed E-state index contributed by atoms with van der Waals surface area (Å²) in [5.41, 5.74) is 0.678. The van der Waals surface area contributed by atoms with Crippen LogP contribution in [0.4, 0.5) is 0 Å². The van der Waals surface area contributed by atoms with E-state index < -0.39 is 0 Å². The third-order valence-electron chi connectivity index (χ3n) is 3.89. The van der Waals surface area contributed by atoms with Crippen LogP contribution in [0.3, 0.4) is 0 Å². The number of carbonyl (C=O) groups is 1. The summed E-state index contributed by atoms with van der Waals surface area (Å²) in [5.74, 6) is 2.09. The summed E-state index contributed by atoms with van der Waals surface area (Å²) in [6.07, 6.45) is 1.86. The highest BCUT2D eigenvalue weighted by molar-refractivity contribution is 5.92. The van der Waals surface area contributed by atoms with Gasteiger partial charge >= 0.3 is 0 Å². The van der Waals surface area contributed by atoms with Gasteiger partial charge in [0, 0.05) is 26.1 Å². The summed E-state index contributed by atoms with van der Waals surface area (Å²) in [6.45, 7) is 12.3. The molecule has 0 radical (unpaired) electrons. The van der Waals surface area contributed by atoms with Crippen molar-refractivity contribution < 1.29 is 9.21 Å². The van der Waals surface area contributed by atoms with E-state index in [1.54, 1.807) is 0 Å². The van der Waals surface area contributed by atoms with Crippen molar-refractivity contribution >= 4 is 5.91 Å². The van der Waals surface area contributed by atoms with Crippen molar-refractivity contribution in [2.75, 3.05) is 26.2 Å². The SMILES string of the molecule is CCc1nc(C)c(C(=O)NCC2CCN(CC(C)C)C2)o1. The van der Waals surface area contributed by atoms with Crippen LogP contribution < -0.4 is 5.32 Å². The largest absolute Gasteiger partial charge is 0.435 e. The van der Waals surface area contributed by atoms with Gasteiger partial charge in [-0.25, -0.2) is 4.98 Å². The van der Waals surface area contributed by atoms with E-state index >= 15 is 0 Å². The van der Waals surface area contributed by atoms with E-state index in [0.29, 0.717) is 35.6 Å². The average Bonchev–Trinajstić information content (AvgIpc) is 3.02. The predicted molar refractivity (Wildman–Crippen MR) is 82.3 cm³/mol. The molecule has 5 nitrogen and oxygen atoms in total. The normalized spacial score (nSPS) is 19.4. The molecule has 1 aromatic rings. The number of amides is 1. The molecule has 1 fully saturated rings. The van der Waals surface area contributed by atoms with Gasteiger partial charge < -0.3 is 14.6 Å². The van der Waals surface area contributed by atoms with E-state index in [2.05, 4.69) is 29.0 Å². The van der Waals surface area contributed by atoms with Crippen LogP contribution in [0.15, 0.2) is 4.42 Å². The van der Waals surface area contributed by atoms with Gasteiger partial charge in [-0.2, -0.15) is 0 Å². The smallest absolute Gasteiger partial charge is 0.289 e. The molecule has 1 aliphatic heterocycles. The number of nitrogens with zero attached hydrogens (tertiary/aromatic N) is 2. The van der Waals surface area contributed by atoms with Gasteiger partial charge in [0.25, 0.3) is 5.91 Å². The molecule has 1 N–H and O–H groups in total. The van der Waals surface area contributed by atoms with Crippen LogP contribution in [0, 0.1) is 18.8 Å². The Morgan fingerprint density at radius 1 is 1.52 bits per heavy atom. The fraction of sp³-hybridized carbons (Fsp3) is 0.750. The van der Waals surface area contributed by atoms with Gasteiger partial charge in [-0.05, 0) is 31.7 Å². The van der Waals surface area contributed by atoms with E-state index in [4.69, 9.17) is 4.42 Å². The van der Waals surface area contributed by atoms with Crippen molar-refractivity contribution in [3.05, 3.63) is 17.3 Å². The number of aryl methyl sites for hydroxylation is 2. The Morgan fingerprint density at radius 3 is 2.90 bits per heavy atom. The zero-order chi connectivity index (χ0) is 15.4. The Kier molecular flexibility index (Phi) is 5.39. The topological polar surface area (TPSA) is 58.4 Å². The molecule has 2 rings (SSSR count). The highest BCUT2D eigenvalue weighted by atomic mass is 16.4. The first-order chi connectivity index (χ1) is 9.99. The first-order valence-corrected chi connectivity index (χ1v) is 7.96. The van der Waals surface area contributed by atoms with Gasteiger partial charge in [0.15, 0.2) is 5.89 Å². The molecule has 1 saturated heterocycles. The molecule has 0 aromatic carbocycles. The van der Waals surface area contributed by atoms with Gasteiger partial charge in [0.05, 0.1) is 5.69 Å². The van der Waals surface area contributed by atoms with Gasteiger partial charge in [0.1, 0.15) is 0 Å². The Morgan fingerprint density at radius 2 is 2.29 bits per heavy atom. The minimum atomic E-state index is -0.137. The van der Waals surface area contributed by atoms with Crippen LogP contribution >= 0.6 is 0 Å². The molecule has 1 unspecified atom stereocenters. The van der Waals surface area contributed by atoms with Crippen LogP contribution in [-0.4, -0.2) is 42.0 Å². The molecule has 118 valence electrons. The summed E-state index contributed by atoms with van der Waals surface area (Å²) in [7, 11) is 0. The van der Waals surface area contributed by atoms with Crippen LogP contribution in [0.25, 0.3) is 0 Å². The van der Waals surface area contributed by atoms with Gasteiger partial charge in [-0.3, -0.25) is 4.79 Å². The Bertz CT molecular complexity index is 482. The van der Waals surface area contributed by atoms with Crippen LogP contribution in [0.5, 0.6) is 0 Å². The zero-order valence-electron chi connectivity index (χ0n) is 13.6. The summed E-state index contributed by atoms with van der Waals surface area (Å²) in [4.78, 5) is 18.9. The maximum absolute atomic E-state index is 12.2. The lowest BCUT2D eigenvalue weighted by molar-refractivity contribution is 0.0917. The maximum Gasteiger partial charge on any atom is 0.289 e. The van der Waals surface area contributed by atoms with Crippen LogP contribution in [0.1, 0.15) is 49.3 Å². The fourth-order valence-corrected chi connectivity index (χ4v) is 2.89. The lowest BCUT2D eigenvalue weighted by Gasteiger charge is -2.18. The lowest BCUT2D eigenvalue weighted by Crippen LogP contribution is -2.32. The van der Waals surface area contributed by atoms with E-state index in [-0.39, 0.29) is 5.91 Å². The average molecular weight is 293 g/mol. The van der Waals surface area contributed by atoms with Crippen molar-refractivity contribution in [3.8, 4) is 0 Å². The molecule has 1 aliphatic rings. The summed E-state index contributed by atoms with van der Waals surface area (Å²) >= 11 is 0. The minimum Gasteiger partial charge on any atom is -0.435 e. The number of hydrogen-bond acceptors (Lipinski definition) is 4. The molecule has 0 aliphatic carbocycles. The molecule has 0 saturated carbocycles. The highest BCUT2D eigenvalue weighted by Gasteiger charge is 2.24. The fourth-order valence-electron chi connectivity index (χ4n) is 2.89. The molecule has 0 spiro atoms. The number of carbonyl (C=O) groups excluding carboxylic acids is 1. The second-order valence-corrected chi connectivity index (χ2v) is 6.39. The zero-order valence-corrected chi connectivity index (χ0v) is 13.6. The van der Waals surface area contributed by atoms with E-state index in [1.165, 1.54) is 0 Å². The van der Waals surface area contributed by atoms with Crippen molar-refractivity contribution in [2.24, 2.45) is 11.8 Å². The molecule has 0 bridgehead atoms. The second kappa shape index (κ2) is 7.07. The van der Waals surface area contributed by atoms with Crippen molar-refractivity contribution in [2.45, 2.75) is 40.5 Å². The van der Waals surface area contributed by atoms with Gasteiger partial charge in [0.2, 0.25) is 5.76 Å². The molecule has 2 heterocycles. The van der Waals surface area contributed by atoms with Crippen molar-refractivity contribution in [1.29, 1.82) is 0 Å². The van der Waals surface area contributed by atoms with E-state index in [9.17, 15) is 4.79 Å². The first kappa shape index (κ1) is 16.0. The number of likely N-dealkylation sites (tertiary alicyclic amines) is 1. The highest BCUT2D eigenvalue weighted by Crippen LogP contribution is 2.17. The molecular weight excluding hydrogens is 266 g/mol. The predicted octanol–water partition coefficient (Wildman–Crippen LogP) is 2.25. The number of aromatic nitrogens is 1. The molecule has 1 aromatic heterocycles. The van der Waals surface area contributed by atoms with E-state index in [0.717, 1.165) is 32.6 Å². The molecule has 1 atom stereocenters. The quantitative estimate of drug-likeness (QED) is 0.874. The van der Waals surface area contributed by atoms with Crippen molar-refractivity contribution in [3.63, 3.8) is 0 Å². The molecule has 1 amide bonds. The number of hydrogen-bond donors (Lipinski definition) is 1. The van der Waals surface area contributed by atoms with E-state index in [1.807, 2.05) is 13.8 Å². The molecule has 5 heteroatoms. The number of nitrogens with one attached hydrogen (secondary N) is 1. The standard InChI is InChI=1S/C16H27N3O2/c1-5-14-18-12(4)15(21-14)16(20)17-8-13-6-7-19(10-13)9-11(2)3/h11,13H,5-10H2,1-4H3,(H,17,20). The lowest BCUT2D eigenvalue weighted by atomic mass is 10.1. The second-order valence-electron chi connectivity index (χ2n) is 6.39. The summed E-state index contributed by atoms with van der Waals surface area (Å²) in [6, 6.07) is 0. The Hall–Kier alpha value is -1.36. The Balaban J connectivity index is 1.80. The van der Waals surface area contributed by atoms with Gasteiger partial charge in [-0.15, -0.1) is 0 Å². The van der Waals surface area contributed by atoms with Crippen LogP contribution in [-0.2, 0) is 6.42 Å². The number of rotatable bonds is 6. The maximum atomic E-state index is 12.2. The third kappa shape index (κ3) is 4.30. The molecular formula is C16H27N3O2. The first-order valence-electron chi connectivity index (χ1n) is 7.96.